The minimum absolute atomic E-state index is 0.0169. The lowest BCUT2D eigenvalue weighted by molar-refractivity contribution is -0.143. The average Bonchev–Trinajstić information content (AvgIpc) is 3.65. The van der Waals surface area contributed by atoms with Gasteiger partial charge in [0.05, 0.1) is 41.9 Å². The van der Waals surface area contributed by atoms with Gasteiger partial charge in [0.2, 0.25) is 0 Å². The van der Waals surface area contributed by atoms with Crippen LogP contribution in [0.3, 0.4) is 0 Å². The molecule has 50 heavy (non-hydrogen) atoms. The van der Waals surface area contributed by atoms with Gasteiger partial charge in [-0.1, -0.05) is 23.4 Å². The fourth-order valence-electron chi connectivity index (χ4n) is 6.21. The number of aromatic carboxylic acids is 1. The van der Waals surface area contributed by atoms with E-state index < -0.39 is 64.9 Å². The Morgan fingerprint density at radius 3 is 2.00 bits per heavy atom. The van der Waals surface area contributed by atoms with Gasteiger partial charge >= 0.3 is 24.5 Å². The predicted molar refractivity (Wildman–Crippen MR) is 160 cm³/mol. The predicted octanol–water partition coefficient (Wildman–Crippen LogP) is 9.91. The number of hydrogen-bond acceptors (Lipinski definition) is 5. The molecule has 4 aromatic rings. The summed E-state index contributed by atoms with van der Waals surface area (Å²) in [6.07, 6.45) is -17.8. The largest absolute Gasteiger partial charge is 0.496 e. The summed E-state index contributed by atoms with van der Waals surface area (Å²) in [6, 6.07) is 13.3. The Balaban J connectivity index is 1.44. The number of fused-ring (bicyclic) bond motifs is 1. The van der Waals surface area contributed by atoms with Gasteiger partial charge < -0.3 is 19.4 Å². The minimum atomic E-state index is -5.12. The van der Waals surface area contributed by atoms with Gasteiger partial charge in [-0.2, -0.15) is 39.5 Å². The Labute approximate surface area is 277 Å². The molecule has 15 heteroatoms. The van der Waals surface area contributed by atoms with Crippen molar-refractivity contribution in [1.29, 1.82) is 0 Å². The molecular weight excluding hydrogens is 685 g/mol. The maximum absolute atomic E-state index is 14.0. The van der Waals surface area contributed by atoms with Crippen molar-refractivity contribution in [3.8, 4) is 28.0 Å². The molecule has 4 aromatic carbocycles. The second-order valence-corrected chi connectivity index (χ2v) is 11.8. The van der Waals surface area contributed by atoms with Crippen LogP contribution in [-0.4, -0.2) is 30.5 Å². The van der Waals surface area contributed by atoms with Gasteiger partial charge in [0.1, 0.15) is 17.6 Å². The minimum Gasteiger partial charge on any atom is -0.496 e. The smallest absolute Gasteiger partial charge is 0.416 e. The molecule has 6 rings (SSSR count). The van der Waals surface area contributed by atoms with Crippen LogP contribution in [0.15, 0.2) is 78.0 Å². The maximum Gasteiger partial charge on any atom is 0.416 e. The number of carbonyl (C=O) groups is 1. The van der Waals surface area contributed by atoms with Crippen LogP contribution in [-0.2, 0) is 28.1 Å². The first-order valence-electron chi connectivity index (χ1n) is 14.7. The third-order valence-corrected chi connectivity index (χ3v) is 8.60. The van der Waals surface area contributed by atoms with Crippen LogP contribution in [0.5, 0.6) is 5.75 Å². The molecule has 0 bridgehead atoms. The van der Waals surface area contributed by atoms with E-state index in [1.54, 1.807) is 31.2 Å². The molecule has 0 saturated carbocycles. The molecule has 0 amide bonds. The topological polar surface area (TPSA) is 77.4 Å². The van der Waals surface area contributed by atoms with Crippen molar-refractivity contribution >= 4 is 11.7 Å². The van der Waals surface area contributed by atoms with Crippen molar-refractivity contribution in [1.82, 2.24) is 0 Å². The molecule has 0 aromatic heterocycles. The van der Waals surface area contributed by atoms with Crippen LogP contribution in [0.25, 0.3) is 22.3 Å². The number of aryl methyl sites for hydroxylation is 1. The van der Waals surface area contributed by atoms with Crippen molar-refractivity contribution in [2.45, 2.75) is 37.7 Å². The zero-order valence-electron chi connectivity index (χ0n) is 25.8. The van der Waals surface area contributed by atoms with E-state index in [9.17, 15) is 49.4 Å². The Hall–Kier alpha value is -5.05. The van der Waals surface area contributed by atoms with Crippen LogP contribution in [0, 0.1) is 12.8 Å². The van der Waals surface area contributed by atoms with Crippen molar-refractivity contribution in [2.24, 2.45) is 11.1 Å². The van der Waals surface area contributed by atoms with Gasteiger partial charge in [0.15, 0.2) is 6.10 Å². The first kappa shape index (κ1) is 34.8. The van der Waals surface area contributed by atoms with Gasteiger partial charge in [-0.05, 0) is 94.9 Å². The highest BCUT2D eigenvalue weighted by Gasteiger charge is 2.48. The molecule has 2 aliphatic rings. The summed E-state index contributed by atoms with van der Waals surface area (Å²) in [7, 11) is 1.35. The summed E-state index contributed by atoms with van der Waals surface area (Å²) >= 11 is 0. The highest BCUT2D eigenvalue weighted by Crippen LogP contribution is 2.49. The normalized spacial score (nSPS) is 19.2. The summed E-state index contributed by atoms with van der Waals surface area (Å²) in [5, 5.41) is 13.3. The van der Waals surface area contributed by atoms with Gasteiger partial charge in [-0.15, -0.1) is 0 Å². The number of rotatable bonds is 6. The average molecular weight is 710 g/mol. The number of benzene rings is 4. The van der Waals surface area contributed by atoms with Crippen LogP contribution >= 0.6 is 0 Å². The fourth-order valence-corrected chi connectivity index (χ4v) is 6.21. The molecule has 262 valence electrons. The van der Waals surface area contributed by atoms with E-state index in [1.807, 2.05) is 0 Å². The number of oxime groups is 1. The first-order chi connectivity index (χ1) is 23.4. The second kappa shape index (κ2) is 12.4. The van der Waals surface area contributed by atoms with E-state index in [2.05, 4.69) is 5.16 Å². The SMILES string of the molecule is COc1ccc(-c2ccc(C(=O)O)cc2C)cc1-c1ccc(C(F)(F)F)cc1[C@@H]1OC[C@@H]2C1=NO[C@@H]2c1cc(C(F)(F)F)cc(C(F)(F)F)c1. The zero-order valence-corrected chi connectivity index (χ0v) is 25.8. The molecular formula is C35H24F9NO5. The van der Waals surface area contributed by atoms with E-state index in [0.717, 1.165) is 12.1 Å². The summed E-state index contributed by atoms with van der Waals surface area (Å²) in [5.74, 6) is -1.92. The zero-order chi connectivity index (χ0) is 36.3. The van der Waals surface area contributed by atoms with Crippen LogP contribution in [0.1, 0.15) is 55.9 Å². The number of methoxy groups -OCH3 is 1. The summed E-state index contributed by atoms with van der Waals surface area (Å²) < 4.78 is 135. The first-order valence-corrected chi connectivity index (χ1v) is 14.7. The molecule has 0 spiro atoms. The highest BCUT2D eigenvalue weighted by molar-refractivity contribution is 5.97. The molecule has 1 saturated heterocycles. The van der Waals surface area contributed by atoms with Crippen molar-refractivity contribution in [3.05, 3.63) is 112 Å². The van der Waals surface area contributed by atoms with Gasteiger partial charge in [0.25, 0.3) is 0 Å². The molecule has 1 N–H and O–H groups in total. The number of halogens is 9. The summed E-state index contributed by atoms with van der Waals surface area (Å²) in [6.45, 7) is 1.35. The quantitative estimate of drug-likeness (QED) is 0.202. The molecule has 2 aliphatic heterocycles. The molecule has 3 atom stereocenters. The second-order valence-electron chi connectivity index (χ2n) is 11.8. The van der Waals surface area contributed by atoms with Crippen LogP contribution < -0.4 is 4.74 Å². The lowest BCUT2D eigenvalue weighted by atomic mass is 9.86. The summed E-state index contributed by atoms with van der Waals surface area (Å²) in [4.78, 5) is 16.8. The maximum atomic E-state index is 14.0. The van der Waals surface area contributed by atoms with E-state index >= 15 is 0 Å². The van der Waals surface area contributed by atoms with Crippen molar-refractivity contribution < 1.29 is 63.7 Å². The van der Waals surface area contributed by atoms with Gasteiger partial charge in [-0.25, -0.2) is 4.79 Å². The van der Waals surface area contributed by atoms with Crippen molar-refractivity contribution in [2.75, 3.05) is 13.7 Å². The third-order valence-electron chi connectivity index (χ3n) is 8.60. The molecule has 0 aliphatic carbocycles. The lowest BCUT2D eigenvalue weighted by Crippen LogP contribution is -2.19. The standard InChI is InChI=1S/C35H24F9NO5/c1-16-9-18(32(46)47)3-6-23(16)17-4-8-28(48-2)25(12-17)24-7-5-20(33(36,37)38)14-26(24)31-29-27(15-49-31)30(50-45-29)19-10-21(34(39,40)41)13-22(11-19)35(42,43)44/h3-14,27,30-31H,15H2,1-2H3,(H,46,47)/t27-,30-,31+/m1/s1. The van der Waals surface area contributed by atoms with Crippen molar-refractivity contribution in [3.63, 3.8) is 0 Å². The monoisotopic (exact) mass is 709 g/mol. The summed E-state index contributed by atoms with van der Waals surface area (Å²) in [5.41, 5.74) is -2.38. The molecule has 6 nitrogen and oxygen atoms in total. The Morgan fingerprint density at radius 2 is 1.42 bits per heavy atom. The van der Waals surface area contributed by atoms with Gasteiger partial charge in [-0.3, -0.25) is 0 Å². The van der Waals surface area contributed by atoms with Crippen LogP contribution in [0.2, 0.25) is 0 Å². The molecule has 0 unspecified atom stereocenters. The number of nitrogens with zero attached hydrogens (tertiary/aromatic N) is 1. The Morgan fingerprint density at radius 1 is 0.780 bits per heavy atom. The molecule has 0 radical (unpaired) electrons. The fraction of sp³-hybridized carbons (Fsp3) is 0.257. The third kappa shape index (κ3) is 6.49. The van der Waals surface area contributed by atoms with Gasteiger partial charge in [0, 0.05) is 5.56 Å². The van der Waals surface area contributed by atoms with E-state index in [1.165, 1.54) is 25.3 Å². The van der Waals surface area contributed by atoms with E-state index in [4.69, 9.17) is 14.3 Å². The molecule has 1 fully saturated rings. The van der Waals surface area contributed by atoms with Crippen LogP contribution in [0.4, 0.5) is 39.5 Å². The number of hydrogen-bond donors (Lipinski definition) is 1. The number of ether oxygens (including phenoxy) is 2. The van der Waals surface area contributed by atoms with E-state index in [-0.39, 0.29) is 40.8 Å². The molecule has 2 heterocycles. The Bertz CT molecular complexity index is 1990. The van der Waals surface area contributed by atoms with E-state index in [0.29, 0.717) is 34.4 Å². The number of alkyl halides is 9. The number of carboxylic acid groups (broad SMARTS) is 1. The highest BCUT2D eigenvalue weighted by atomic mass is 19.4. The Kier molecular flexibility index (Phi) is 8.61. The number of carboxylic acids is 1. The lowest BCUT2D eigenvalue weighted by Gasteiger charge is -2.20.